The minimum atomic E-state index is -0.122. The molecule has 2 aromatic rings. The quantitative estimate of drug-likeness (QED) is 0.737. The van der Waals surface area contributed by atoms with Gasteiger partial charge in [0.1, 0.15) is 11.5 Å². The van der Waals surface area contributed by atoms with Crippen molar-refractivity contribution in [3.63, 3.8) is 0 Å². The number of hydrogen-bond donors (Lipinski definition) is 0. The van der Waals surface area contributed by atoms with E-state index in [4.69, 9.17) is 14.3 Å². The molecule has 0 radical (unpaired) electrons. The summed E-state index contributed by atoms with van der Waals surface area (Å²) in [6.07, 6.45) is 4.36. The first-order chi connectivity index (χ1) is 11.7. The van der Waals surface area contributed by atoms with Crippen LogP contribution in [-0.4, -0.2) is 17.5 Å². The lowest BCUT2D eigenvalue weighted by Crippen LogP contribution is -2.07. The van der Waals surface area contributed by atoms with Crippen LogP contribution in [0.3, 0.4) is 0 Å². The van der Waals surface area contributed by atoms with Crippen LogP contribution in [0, 0.1) is 6.92 Å². The maximum absolute atomic E-state index is 5.71. The predicted molar refractivity (Wildman–Crippen MR) is 92.3 cm³/mol. The number of benzene rings is 1. The number of aryl methyl sites for hydroxylation is 1. The minimum Gasteiger partial charge on any atom is -0.494 e. The summed E-state index contributed by atoms with van der Waals surface area (Å²) in [5.74, 6) is 2.12. The van der Waals surface area contributed by atoms with Crippen molar-refractivity contribution < 1.29 is 14.3 Å². The Morgan fingerprint density at radius 2 is 1.92 bits per heavy atom. The van der Waals surface area contributed by atoms with Gasteiger partial charge in [-0.1, -0.05) is 30.6 Å². The van der Waals surface area contributed by atoms with E-state index in [9.17, 15) is 0 Å². The molecule has 0 fully saturated rings. The SMILES string of the molecule is CCCCOc1ccc([C@H]2CC(Oc3ccc(C)nc3)=NO2)cc1. The second-order valence-electron chi connectivity index (χ2n) is 5.79. The zero-order valence-electron chi connectivity index (χ0n) is 14.1. The van der Waals surface area contributed by atoms with Gasteiger partial charge in [-0.3, -0.25) is 4.98 Å². The number of hydrogen-bond acceptors (Lipinski definition) is 5. The molecule has 1 atom stereocenters. The standard InChI is InChI=1S/C19H22N2O3/c1-3-4-11-22-16-9-6-15(7-10-16)18-12-19(21-24-18)23-17-8-5-14(2)20-13-17/h5-10,13,18H,3-4,11-12H2,1-2H3/t18-/m1/s1. The van der Waals surface area contributed by atoms with E-state index < -0.39 is 0 Å². The topological polar surface area (TPSA) is 52.9 Å². The Hall–Kier alpha value is -2.56. The molecule has 1 aliphatic heterocycles. The third kappa shape index (κ3) is 4.25. The highest BCUT2D eigenvalue weighted by Crippen LogP contribution is 2.29. The minimum absolute atomic E-state index is 0.122. The fourth-order valence-corrected chi connectivity index (χ4v) is 2.36. The van der Waals surface area contributed by atoms with E-state index >= 15 is 0 Å². The van der Waals surface area contributed by atoms with Gasteiger partial charge in [0, 0.05) is 5.69 Å². The van der Waals surface area contributed by atoms with Gasteiger partial charge < -0.3 is 14.3 Å². The van der Waals surface area contributed by atoms with Gasteiger partial charge in [-0.25, -0.2) is 0 Å². The van der Waals surface area contributed by atoms with Crippen molar-refractivity contribution in [3.8, 4) is 11.5 Å². The molecule has 24 heavy (non-hydrogen) atoms. The van der Waals surface area contributed by atoms with E-state index in [1.54, 1.807) is 6.20 Å². The first-order valence-electron chi connectivity index (χ1n) is 8.30. The molecule has 3 rings (SSSR count). The van der Waals surface area contributed by atoms with Crippen LogP contribution in [0.5, 0.6) is 11.5 Å². The molecule has 0 aliphatic carbocycles. The molecule has 0 saturated heterocycles. The summed E-state index contributed by atoms with van der Waals surface area (Å²) in [5, 5.41) is 4.03. The van der Waals surface area contributed by atoms with Crippen molar-refractivity contribution in [2.24, 2.45) is 5.16 Å². The number of unbranched alkanes of at least 4 members (excludes halogenated alkanes) is 1. The second-order valence-corrected chi connectivity index (χ2v) is 5.79. The van der Waals surface area contributed by atoms with Crippen LogP contribution in [0.1, 0.15) is 43.5 Å². The fourth-order valence-electron chi connectivity index (χ4n) is 2.36. The van der Waals surface area contributed by atoms with Gasteiger partial charge in [0.15, 0.2) is 6.10 Å². The van der Waals surface area contributed by atoms with Crippen molar-refractivity contribution >= 4 is 5.90 Å². The van der Waals surface area contributed by atoms with E-state index in [0.717, 1.165) is 36.5 Å². The first-order valence-corrected chi connectivity index (χ1v) is 8.30. The van der Waals surface area contributed by atoms with E-state index in [0.29, 0.717) is 18.1 Å². The zero-order chi connectivity index (χ0) is 16.8. The van der Waals surface area contributed by atoms with Crippen molar-refractivity contribution in [2.75, 3.05) is 6.61 Å². The molecule has 1 aromatic heterocycles. The molecule has 5 nitrogen and oxygen atoms in total. The number of ether oxygens (including phenoxy) is 2. The van der Waals surface area contributed by atoms with Gasteiger partial charge in [0.25, 0.3) is 0 Å². The predicted octanol–water partition coefficient (Wildman–Crippen LogP) is 4.42. The highest BCUT2D eigenvalue weighted by molar-refractivity contribution is 5.79. The maximum atomic E-state index is 5.71. The van der Waals surface area contributed by atoms with Crippen LogP contribution in [-0.2, 0) is 4.84 Å². The number of rotatable bonds is 6. The molecule has 0 saturated carbocycles. The average molecular weight is 326 g/mol. The summed E-state index contributed by atoms with van der Waals surface area (Å²) in [5.41, 5.74) is 2.01. The molecular weight excluding hydrogens is 304 g/mol. The van der Waals surface area contributed by atoms with Crippen LogP contribution in [0.25, 0.3) is 0 Å². The second kappa shape index (κ2) is 7.81. The lowest BCUT2D eigenvalue weighted by atomic mass is 10.1. The summed E-state index contributed by atoms with van der Waals surface area (Å²) >= 11 is 0. The Kier molecular flexibility index (Phi) is 5.31. The summed E-state index contributed by atoms with van der Waals surface area (Å²) in [6.45, 7) is 4.84. The molecule has 0 amide bonds. The number of pyridine rings is 1. The lowest BCUT2D eigenvalue weighted by Gasteiger charge is -2.10. The van der Waals surface area contributed by atoms with E-state index in [1.807, 2.05) is 43.3 Å². The smallest absolute Gasteiger partial charge is 0.235 e. The molecule has 0 bridgehead atoms. The normalized spacial score (nSPS) is 16.4. The number of aromatic nitrogens is 1. The van der Waals surface area contributed by atoms with E-state index in [1.165, 1.54) is 0 Å². The molecule has 2 heterocycles. The van der Waals surface area contributed by atoms with Gasteiger partial charge in [-0.15, -0.1) is 0 Å². The summed E-state index contributed by atoms with van der Waals surface area (Å²) in [6, 6.07) is 11.7. The van der Waals surface area contributed by atoms with Crippen LogP contribution in [0.15, 0.2) is 47.8 Å². The zero-order valence-corrected chi connectivity index (χ0v) is 14.1. The van der Waals surface area contributed by atoms with Crippen LogP contribution in [0.4, 0.5) is 0 Å². The van der Waals surface area contributed by atoms with Gasteiger partial charge in [0.05, 0.1) is 19.2 Å². The highest BCUT2D eigenvalue weighted by atomic mass is 16.7. The summed E-state index contributed by atoms with van der Waals surface area (Å²) in [7, 11) is 0. The number of oxime groups is 1. The Bertz CT molecular complexity index is 681. The van der Waals surface area contributed by atoms with Crippen molar-refractivity contribution in [1.29, 1.82) is 0 Å². The van der Waals surface area contributed by atoms with E-state index in [2.05, 4.69) is 17.1 Å². The molecule has 126 valence electrons. The van der Waals surface area contributed by atoms with Gasteiger partial charge in [0.2, 0.25) is 5.90 Å². The van der Waals surface area contributed by atoms with Gasteiger partial charge in [-0.05, 0) is 43.2 Å². The van der Waals surface area contributed by atoms with Crippen molar-refractivity contribution in [2.45, 2.75) is 39.2 Å². The molecule has 0 unspecified atom stereocenters. The van der Waals surface area contributed by atoms with Gasteiger partial charge >= 0.3 is 0 Å². The molecule has 5 heteroatoms. The number of nitrogens with zero attached hydrogens (tertiary/aromatic N) is 2. The Balaban J connectivity index is 1.53. The molecule has 0 spiro atoms. The Morgan fingerprint density at radius 3 is 2.62 bits per heavy atom. The Morgan fingerprint density at radius 1 is 1.12 bits per heavy atom. The van der Waals surface area contributed by atoms with E-state index in [-0.39, 0.29) is 6.10 Å². The first kappa shape index (κ1) is 16.3. The van der Waals surface area contributed by atoms with Crippen LogP contribution < -0.4 is 9.47 Å². The van der Waals surface area contributed by atoms with Crippen LogP contribution >= 0.6 is 0 Å². The highest BCUT2D eigenvalue weighted by Gasteiger charge is 2.24. The summed E-state index contributed by atoms with van der Waals surface area (Å²) in [4.78, 5) is 9.69. The molecular formula is C19H22N2O3. The molecule has 0 N–H and O–H groups in total. The molecule has 1 aromatic carbocycles. The third-order valence-corrected chi connectivity index (χ3v) is 3.78. The Labute approximate surface area is 142 Å². The average Bonchev–Trinajstić information content (AvgIpc) is 3.06. The largest absolute Gasteiger partial charge is 0.494 e. The van der Waals surface area contributed by atoms with Gasteiger partial charge in [-0.2, -0.15) is 0 Å². The van der Waals surface area contributed by atoms with Crippen molar-refractivity contribution in [1.82, 2.24) is 4.98 Å². The maximum Gasteiger partial charge on any atom is 0.235 e. The summed E-state index contributed by atoms with van der Waals surface area (Å²) < 4.78 is 11.4. The van der Waals surface area contributed by atoms with Crippen molar-refractivity contribution in [3.05, 3.63) is 53.9 Å². The lowest BCUT2D eigenvalue weighted by molar-refractivity contribution is 0.0855. The third-order valence-electron chi connectivity index (χ3n) is 3.78. The molecule has 1 aliphatic rings. The van der Waals surface area contributed by atoms with Crippen LogP contribution in [0.2, 0.25) is 0 Å². The fraction of sp³-hybridized carbons (Fsp3) is 0.368. The monoisotopic (exact) mass is 326 g/mol.